The van der Waals surface area contributed by atoms with Gasteiger partial charge in [0.05, 0.1) is 5.56 Å². The predicted octanol–water partition coefficient (Wildman–Crippen LogP) is 5.46. The lowest BCUT2D eigenvalue weighted by Crippen LogP contribution is -2.41. The van der Waals surface area contributed by atoms with E-state index in [4.69, 9.17) is 16.3 Å². The Bertz CT molecular complexity index is 1080. The average Bonchev–Trinajstić information content (AvgIpc) is 3.23. The normalized spacial score (nSPS) is 18.0. The fourth-order valence-corrected chi connectivity index (χ4v) is 5.21. The van der Waals surface area contributed by atoms with E-state index in [1.165, 1.54) is 32.4 Å². The highest BCUT2D eigenvalue weighted by molar-refractivity contribution is 6.30. The smallest absolute Gasteiger partial charge is 0.256 e. The maximum Gasteiger partial charge on any atom is 0.256 e. The first-order valence-electron chi connectivity index (χ1n) is 12.2. The molecule has 5 nitrogen and oxygen atoms in total. The first kappa shape index (κ1) is 22.3. The number of benzene rings is 2. The summed E-state index contributed by atoms with van der Waals surface area (Å²) in [5.41, 5.74) is 1.97. The van der Waals surface area contributed by atoms with Crippen LogP contribution in [-0.2, 0) is 6.54 Å². The number of carbonyl (C=O) groups is 1. The van der Waals surface area contributed by atoms with Gasteiger partial charge < -0.3 is 19.1 Å². The molecular weight excluding hydrogens is 434 g/mol. The van der Waals surface area contributed by atoms with Gasteiger partial charge in [-0.05, 0) is 56.3 Å². The summed E-state index contributed by atoms with van der Waals surface area (Å²) in [4.78, 5) is 18.0. The summed E-state index contributed by atoms with van der Waals surface area (Å²) >= 11 is 5.97. The number of hydrogen-bond acceptors (Lipinski definition) is 3. The van der Waals surface area contributed by atoms with E-state index in [0.29, 0.717) is 18.1 Å². The Balaban J connectivity index is 1.24. The lowest BCUT2D eigenvalue weighted by Gasteiger charge is -2.32. The van der Waals surface area contributed by atoms with Crippen LogP contribution in [0, 0.1) is 0 Å². The van der Waals surface area contributed by atoms with Gasteiger partial charge in [-0.3, -0.25) is 4.79 Å². The van der Waals surface area contributed by atoms with Crippen LogP contribution < -0.4 is 4.74 Å². The fourth-order valence-electron chi connectivity index (χ4n) is 5.09. The third kappa shape index (κ3) is 5.20. The monoisotopic (exact) mass is 465 g/mol. The minimum Gasteiger partial charge on any atom is -0.490 e. The topological polar surface area (TPSA) is 37.7 Å². The van der Waals surface area contributed by atoms with E-state index < -0.39 is 0 Å². The van der Waals surface area contributed by atoms with E-state index in [0.717, 1.165) is 48.1 Å². The second-order valence-electron chi connectivity index (χ2n) is 9.22. The van der Waals surface area contributed by atoms with Crippen LogP contribution in [0.2, 0.25) is 5.02 Å². The third-order valence-electron chi connectivity index (χ3n) is 6.97. The summed E-state index contributed by atoms with van der Waals surface area (Å²) in [6.07, 6.45) is 7.82. The van der Waals surface area contributed by atoms with Gasteiger partial charge in [0, 0.05) is 61.1 Å². The molecule has 0 unspecified atom stereocenters. The third-order valence-corrected chi connectivity index (χ3v) is 7.22. The highest BCUT2D eigenvalue weighted by atomic mass is 35.5. The molecule has 3 heterocycles. The van der Waals surface area contributed by atoms with Gasteiger partial charge in [0.2, 0.25) is 0 Å². The Kier molecular flexibility index (Phi) is 6.88. The van der Waals surface area contributed by atoms with E-state index >= 15 is 0 Å². The largest absolute Gasteiger partial charge is 0.490 e. The maximum atomic E-state index is 13.5. The van der Waals surface area contributed by atoms with E-state index in [-0.39, 0.29) is 12.0 Å². The second-order valence-corrected chi connectivity index (χ2v) is 9.66. The Morgan fingerprint density at radius 1 is 0.909 bits per heavy atom. The van der Waals surface area contributed by atoms with Crippen molar-refractivity contribution in [2.24, 2.45) is 0 Å². The van der Waals surface area contributed by atoms with E-state index in [1.807, 2.05) is 35.2 Å². The van der Waals surface area contributed by atoms with Crippen LogP contribution in [0.5, 0.6) is 5.75 Å². The number of halogens is 1. The number of rotatable bonds is 6. The molecule has 0 saturated carbocycles. The molecule has 2 fully saturated rings. The predicted molar refractivity (Wildman–Crippen MR) is 133 cm³/mol. The summed E-state index contributed by atoms with van der Waals surface area (Å²) in [7, 11) is 0. The molecule has 2 saturated heterocycles. The molecule has 1 amide bonds. The summed E-state index contributed by atoms with van der Waals surface area (Å²) in [6, 6.07) is 15.8. The van der Waals surface area contributed by atoms with Crippen molar-refractivity contribution in [1.29, 1.82) is 0 Å². The molecule has 0 radical (unpaired) electrons. The number of amides is 1. The summed E-state index contributed by atoms with van der Waals surface area (Å²) < 4.78 is 8.37. The molecule has 0 bridgehead atoms. The molecule has 33 heavy (non-hydrogen) atoms. The van der Waals surface area contributed by atoms with Crippen molar-refractivity contribution in [3.8, 4) is 5.75 Å². The van der Waals surface area contributed by atoms with Crippen LogP contribution in [0.1, 0.15) is 42.5 Å². The van der Waals surface area contributed by atoms with Gasteiger partial charge in [0.1, 0.15) is 11.9 Å². The number of likely N-dealkylation sites (tertiary alicyclic amines) is 2. The van der Waals surface area contributed by atoms with Crippen molar-refractivity contribution in [1.82, 2.24) is 14.4 Å². The molecule has 0 N–H and O–H groups in total. The van der Waals surface area contributed by atoms with Crippen molar-refractivity contribution in [3.63, 3.8) is 0 Å². The second kappa shape index (κ2) is 10.2. The number of nitrogens with zero attached hydrogens (tertiary/aromatic N) is 3. The first-order valence-corrected chi connectivity index (χ1v) is 12.6. The first-order chi connectivity index (χ1) is 16.2. The average molecular weight is 466 g/mol. The van der Waals surface area contributed by atoms with Crippen LogP contribution in [0.4, 0.5) is 0 Å². The maximum absolute atomic E-state index is 13.5. The highest BCUT2D eigenvalue weighted by Crippen LogP contribution is 2.26. The van der Waals surface area contributed by atoms with Crippen molar-refractivity contribution in [3.05, 3.63) is 65.3 Å². The highest BCUT2D eigenvalue weighted by Gasteiger charge is 2.27. The molecular formula is C27H32ClN3O2. The van der Waals surface area contributed by atoms with Crippen LogP contribution in [0.15, 0.2) is 54.7 Å². The van der Waals surface area contributed by atoms with E-state index in [1.54, 1.807) is 0 Å². The Morgan fingerprint density at radius 2 is 1.64 bits per heavy atom. The van der Waals surface area contributed by atoms with Crippen molar-refractivity contribution >= 4 is 28.4 Å². The minimum atomic E-state index is 0.126. The zero-order chi connectivity index (χ0) is 22.6. The van der Waals surface area contributed by atoms with Crippen molar-refractivity contribution in [2.45, 2.75) is 44.8 Å². The van der Waals surface area contributed by atoms with Gasteiger partial charge in [-0.25, -0.2) is 0 Å². The van der Waals surface area contributed by atoms with E-state index in [2.05, 4.69) is 33.9 Å². The van der Waals surface area contributed by atoms with Crippen molar-refractivity contribution in [2.75, 3.05) is 32.7 Å². The zero-order valence-corrected chi connectivity index (χ0v) is 19.8. The number of para-hydroxylation sites is 1. The molecule has 2 aliphatic heterocycles. The Hall–Kier alpha value is -2.50. The molecule has 6 heteroatoms. The lowest BCUT2D eigenvalue weighted by atomic mass is 10.1. The van der Waals surface area contributed by atoms with Gasteiger partial charge >= 0.3 is 0 Å². The molecule has 174 valence electrons. The molecule has 2 aliphatic rings. The number of hydrogen-bond donors (Lipinski definition) is 0. The SMILES string of the molecule is O=C(c1cn(CCN2CCCCC2)c2ccccc12)N1CCC(Oc2ccc(Cl)cc2)CC1. The summed E-state index contributed by atoms with van der Waals surface area (Å²) in [6.45, 7) is 5.77. The summed E-state index contributed by atoms with van der Waals surface area (Å²) in [5.74, 6) is 0.966. The molecule has 0 spiro atoms. The number of aromatic nitrogens is 1. The van der Waals surface area contributed by atoms with Gasteiger partial charge in [-0.1, -0.05) is 36.2 Å². The van der Waals surface area contributed by atoms with Crippen LogP contribution in [-0.4, -0.2) is 59.1 Å². The van der Waals surface area contributed by atoms with Crippen LogP contribution >= 0.6 is 11.6 Å². The van der Waals surface area contributed by atoms with Crippen LogP contribution in [0.25, 0.3) is 10.9 Å². The molecule has 1 aromatic heterocycles. The number of fused-ring (bicyclic) bond motifs is 1. The molecule has 5 rings (SSSR count). The van der Waals surface area contributed by atoms with Gasteiger partial charge in [0.15, 0.2) is 0 Å². The zero-order valence-electron chi connectivity index (χ0n) is 19.1. The standard InChI is InChI=1S/C27H32ClN3O2/c28-21-8-10-22(11-9-21)33-23-12-16-30(17-13-23)27(32)25-20-31(26-7-3-2-6-24(25)26)19-18-29-14-4-1-5-15-29/h2-3,6-11,20,23H,1,4-5,12-19H2. The molecule has 2 aromatic carbocycles. The van der Waals surface area contributed by atoms with E-state index in [9.17, 15) is 4.79 Å². The Morgan fingerprint density at radius 3 is 2.39 bits per heavy atom. The van der Waals surface area contributed by atoms with Crippen molar-refractivity contribution < 1.29 is 9.53 Å². The minimum absolute atomic E-state index is 0.126. The van der Waals surface area contributed by atoms with Gasteiger partial charge in [0.25, 0.3) is 5.91 Å². The number of ether oxygens (including phenoxy) is 1. The van der Waals surface area contributed by atoms with Gasteiger partial charge in [-0.15, -0.1) is 0 Å². The lowest BCUT2D eigenvalue weighted by molar-refractivity contribution is 0.0597. The van der Waals surface area contributed by atoms with Crippen LogP contribution in [0.3, 0.4) is 0 Å². The Labute approximate surface area is 200 Å². The summed E-state index contributed by atoms with van der Waals surface area (Å²) in [5, 5.41) is 1.76. The number of carbonyl (C=O) groups excluding carboxylic acids is 1. The number of piperidine rings is 2. The van der Waals surface area contributed by atoms with Gasteiger partial charge in [-0.2, -0.15) is 0 Å². The molecule has 0 aliphatic carbocycles. The fraction of sp³-hybridized carbons (Fsp3) is 0.444. The molecule has 3 aromatic rings. The molecule has 0 atom stereocenters. The quantitative estimate of drug-likeness (QED) is 0.484.